The van der Waals surface area contributed by atoms with Gasteiger partial charge in [-0.1, -0.05) is 12.1 Å². The van der Waals surface area contributed by atoms with E-state index in [2.05, 4.69) is 10.6 Å². The van der Waals surface area contributed by atoms with Gasteiger partial charge < -0.3 is 20.1 Å². The summed E-state index contributed by atoms with van der Waals surface area (Å²) in [7, 11) is 1.62. The zero-order valence-corrected chi connectivity index (χ0v) is 13.8. The van der Waals surface area contributed by atoms with Crippen LogP contribution in [0.25, 0.3) is 0 Å². The average Bonchev–Trinajstić information content (AvgIpc) is 2.55. The van der Waals surface area contributed by atoms with Crippen LogP contribution in [0.5, 0.6) is 11.5 Å². The van der Waals surface area contributed by atoms with E-state index in [-0.39, 0.29) is 11.9 Å². The average molecular weight is 334 g/mol. The Kier molecular flexibility index (Phi) is 6.17. The van der Waals surface area contributed by atoms with E-state index >= 15 is 0 Å². The molecule has 0 radical (unpaired) electrons. The van der Waals surface area contributed by atoms with Crippen LogP contribution in [0, 0.1) is 5.82 Å². The zero-order chi connectivity index (χ0) is 16.7. The SMILES string of the molecule is COc1ccc(OC[C@@H](C)NC(=S)Nc2ccccc2F)cc1. The highest BCUT2D eigenvalue weighted by Crippen LogP contribution is 2.17. The van der Waals surface area contributed by atoms with Crippen molar-refractivity contribution >= 4 is 23.0 Å². The highest BCUT2D eigenvalue weighted by molar-refractivity contribution is 7.80. The Morgan fingerprint density at radius 2 is 1.78 bits per heavy atom. The van der Waals surface area contributed by atoms with E-state index in [0.717, 1.165) is 11.5 Å². The van der Waals surface area contributed by atoms with Crippen LogP contribution < -0.4 is 20.1 Å². The first-order chi connectivity index (χ1) is 11.1. The highest BCUT2D eigenvalue weighted by atomic mass is 32.1. The summed E-state index contributed by atoms with van der Waals surface area (Å²) in [6.45, 7) is 2.35. The van der Waals surface area contributed by atoms with Gasteiger partial charge in [0, 0.05) is 0 Å². The maximum absolute atomic E-state index is 13.5. The minimum absolute atomic E-state index is 0.0381. The highest BCUT2D eigenvalue weighted by Gasteiger charge is 2.07. The summed E-state index contributed by atoms with van der Waals surface area (Å²) in [4.78, 5) is 0. The van der Waals surface area contributed by atoms with Gasteiger partial charge in [-0.05, 0) is 55.5 Å². The molecule has 0 heterocycles. The largest absolute Gasteiger partial charge is 0.497 e. The number of para-hydroxylation sites is 1. The maximum Gasteiger partial charge on any atom is 0.171 e. The molecule has 1 atom stereocenters. The predicted octanol–water partition coefficient (Wildman–Crippen LogP) is 3.59. The monoisotopic (exact) mass is 334 g/mol. The standard InChI is InChI=1S/C17H19FN2O2S/c1-12(11-22-14-9-7-13(21-2)8-10-14)19-17(23)20-16-6-4-3-5-15(16)18/h3-10,12H,11H2,1-2H3,(H2,19,20,23)/t12-/m1/s1. The number of rotatable bonds is 6. The number of methoxy groups -OCH3 is 1. The van der Waals surface area contributed by atoms with Gasteiger partial charge in [-0.15, -0.1) is 0 Å². The molecule has 23 heavy (non-hydrogen) atoms. The first-order valence-electron chi connectivity index (χ1n) is 7.17. The van der Waals surface area contributed by atoms with Crippen LogP contribution in [0.2, 0.25) is 0 Å². The van der Waals surface area contributed by atoms with Gasteiger partial charge in [-0.3, -0.25) is 0 Å². The second kappa shape index (κ2) is 8.33. The summed E-state index contributed by atoms with van der Waals surface area (Å²) in [5, 5.41) is 6.23. The van der Waals surface area contributed by atoms with Crippen molar-refractivity contribution in [1.82, 2.24) is 5.32 Å². The summed E-state index contributed by atoms with van der Waals surface area (Å²) in [5.74, 6) is 1.17. The lowest BCUT2D eigenvalue weighted by molar-refractivity contribution is 0.286. The Bertz CT molecular complexity index is 649. The summed E-state index contributed by atoms with van der Waals surface area (Å²) >= 11 is 5.17. The summed E-state index contributed by atoms with van der Waals surface area (Å²) in [5.41, 5.74) is 0.341. The fourth-order valence-electron chi connectivity index (χ4n) is 1.88. The number of hydrogen-bond donors (Lipinski definition) is 2. The summed E-state index contributed by atoms with van der Waals surface area (Å²) in [6, 6.07) is 13.7. The van der Waals surface area contributed by atoms with Gasteiger partial charge in [0.1, 0.15) is 23.9 Å². The molecule has 2 rings (SSSR count). The van der Waals surface area contributed by atoms with E-state index in [1.54, 1.807) is 25.3 Å². The van der Waals surface area contributed by atoms with Crippen LogP contribution in [0.4, 0.5) is 10.1 Å². The zero-order valence-electron chi connectivity index (χ0n) is 13.0. The normalized spacial score (nSPS) is 11.4. The second-order valence-corrected chi connectivity index (χ2v) is 5.37. The predicted molar refractivity (Wildman–Crippen MR) is 93.7 cm³/mol. The topological polar surface area (TPSA) is 42.5 Å². The molecule has 0 fully saturated rings. The van der Waals surface area contributed by atoms with Gasteiger partial charge in [-0.25, -0.2) is 4.39 Å². The van der Waals surface area contributed by atoms with Crippen molar-refractivity contribution in [2.45, 2.75) is 13.0 Å². The maximum atomic E-state index is 13.5. The molecule has 4 nitrogen and oxygen atoms in total. The lowest BCUT2D eigenvalue weighted by Gasteiger charge is -2.18. The molecular weight excluding hydrogens is 315 g/mol. The number of ether oxygens (including phenoxy) is 2. The minimum Gasteiger partial charge on any atom is -0.497 e. The van der Waals surface area contributed by atoms with Crippen molar-refractivity contribution < 1.29 is 13.9 Å². The van der Waals surface area contributed by atoms with Gasteiger partial charge >= 0.3 is 0 Å². The molecular formula is C17H19FN2O2S. The van der Waals surface area contributed by atoms with Crippen LogP contribution >= 0.6 is 12.2 Å². The summed E-state index contributed by atoms with van der Waals surface area (Å²) < 4.78 is 24.3. The van der Waals surface area contributed by atoms with Crippen molar-refractivity contribution in [2.75, 3.05) is 19.0 Å². The molecule has 2 aromatic carbocycles. The molecule has 2 aromatic rings. The smallest absolute Gasteiger partial charge is 0.171 e. The molecule has 0 saturated heterocycles. The van der Waals surface area contributed by atoms with E-state index < -0.39 is 0 Å². The third-order valence-electron chi connectivity index (χ3n) is 3.06. The van der Waals surface area contributed by atoms with Crippen molar-refractivity contribution in [3.8, 4) is 11.5 Å². The van der Waals surface area contributed by atoms with Crippen LogP contribution in [-0.2, 0) is 0 Å². The molecule has 0 spiro atoms. The molecule has 0 unspecified atom stereocenters. The molecule has 0 aliphatic carbocycles. The van der Waals surface area contributed by atoms with E-state index in [0.29, 0.717) is 17.4 Å². The quantitative estimate of drug-likeness (QED) is 0.790. The third kappa shape index (κ3) is 5.41. The minimum atomic E-state index is -0.348. The van der Waals surface area contributed by atoms with E-state index in [4.69, 9.17) is 21.7 Å². The Morgan fingerprint density at radius 1 is 1.13 bits per heavy atom. The van der Waals surface area contributed by atoms with Crippen LogP contribution in [0.1, 0.15) is 6.92 Å². The Hall–Kier alpha value is -2.34. The van der Waals surface area contributed by atoms with Gasteiger partial charge in [0.2, 0.25) is 0 Å². The lowest BCUT2D eigenvalue weighted by atomic mass is 10.3. The summed E-state index contributed by atoms with van der Waals surface area (Å²) in [6.07, 6.45) is 0. The van der Waals surface area contributed by atoms with Gasteiger partial charge in [-0.2, -0.15) is 0 Å². The van der Waals surface area contributed by atoms with E-state index in [9.17, 15) is 4.39 Å². The number of halogens is 1. The molecule has 0 aliphatic rings. The van der Waals surface area contributed by atoms with E-state index in [1.807, 2.05) is 31.2 Å². The number of hydrogen-bond acceptors (Lipinski definition) is 3. The number of thiocarbonyl (C=S) groups is 1. The van der Waals surface area contributed by atoms with Gasteiger partial charge in [0.05, 0.1) is 18.8 Å². The van der Waals surface area contributed by atoms with Crippen LogP contribution in [-0.4, -0.2) is 24.9 Å². The molecule has 0 amide bonds. The van der Waals surface area contributed by atoms with Crippen molar-refractivity contribution in [2.24, 2.45) is 0 Å². The fourth-order valence-corrected chi connectivity index (χ4v) is 2.19. The third-order valence-corrected chi connectivity index (χ3v) is 3.28. The first kappa shape index (κ1) is 17.0. The Labute approximate surface area is 140 Å². The second-order valence-electron chi connectivity index (χ2n) is 4.97. The lowest BCUT2D eigenvalue weighted by Crippen LogP contribution is -2.39. The van der Waals surface area contributed by atoms with Gasteiger partial charge in [0.25, 0.3) is 0 Å². The van der Waals surface area contributed by atoms with E-state index in [1.165, 1.54) is 6.07 Å². The Balaban J connectivity index is 1.78. The van der Waals surface area contributed by atoms with Crippen LogP contribution in [0.15, 0.2) is 48.5 Å². The van der Waals surface area contributed by atoms with Crippen molar-refractivity contribution in [1.29, 1.82) is 0 Å². The molecule has 0 bridgehead atoms. The van der Waals surface area contributed by atoms with Crippen molar-refractivity contribution in [3.05, 3.63) is 54.3 Å². The van der Waals surface area contributed by atoms with Crippen molar-refractivity contribution in [3.63, 3.8) is 0 Å². The Morgan fingerprint density at radius 3 is 2.43 bits per heavy atom. The molecule has 0 aromatic heterocycles. The first-order valence-corrected chi connectivity index (χ1v) is 7.58. The molecule has 0 saturated carbocycles. The van der Waals surface area contributed by atoms with Crippen LogP contribution in [0.3, 0.4) is 0 Å². The molecule has 6 heteroatoms. The number of benzene rings is 2. The fraction of sp³-hybridized carbons (Fsp3) is 0.235. The molecule has 2 N–H and O–H groups in total. The van der Waals surface area contributed by atoms with Gasteiger partial charge in [0.15, 0.2) is 5.11 Å². The molecule has 0 aliphatic heterocycles. The molecule has 122 valence electrons. The number of nitrogens with one attached hydrogen (secondary N) is 2. The number of anilines is 1.